The first-order valence-corrected chi connectivity index (χ1v) is 13.7. The van der Waals surface area contributed by atoms with Crippen LogP contribution < -0.4 is 0 Å². The van der Waals surface area contributed by atoms with Gasteiger partial charge in [0, 0.05) is 11.8 Å². The summed E-state index contributed by atoms with van der Waals surface area (Å²) in [6, 6.07) is 31.3. The van der Waals surface area contributed by atoms with Gasteiger partial charge in [0.1, 0.15) is 0 Å². The molecule has 0 saturated heterocycles. The summed E-state index contributed by atoms with van der Waals surface area (Å²) in [5.74, 6) is 1.05. The van der Waals surface area contributed by atoms with Crippen LogP contribution >= 0.6 is 0 Å². The molecule has 0 aromatic heterocycles. The van der Waals surface area contributed by atoms with E-state index in [0.717, 1.165) is 25.7 Å². The lowest BCUT2D eigenvalue weighted by Gasteiger charge is -2.35. The van der Waals surface area contributed by atoms with E-state index >= 15 is 0 Å². The number of hydrogen-bond donors (Lipinski definition) is 0. The zero-order valence-electron chi connectivity index (χ0n) is 22.2. The van der Waals surface area contributed by atoms with Gasteiger partial charge < -0.3 is 0 Å². The summed E-state index contributed by atoms with van der Waals surface area (Å²) in [7, 11) is 0. The molecular weight excluding hydrogens is 444 g/mol. The second kappa shape index (κ2) is 11.6. The van der Waals surface area contributed by atoms with Crippen LogP contribution in [0.3, 0.4) is 0 Å². The van der Waals surface area contributed by atoms with Crippen molar-refractivity contribution in [2.24, 2.45) is 5.92 Å². The SMILES string of the molecule is C=CCc1ccc(C(C2=C(C)C=C(C(C3=CCCC=C3)c3ccccc3)C(C)C2)c2ccccc2)cc1. The first-order chi connectivity index (χ1) is 18.2. The summed E-state index contributed by atoms with van der Waals surface area (Å²) < 4.78 is 0. The Labute approximate surface area is 223 Å². The van der Waals surface area contributed by atoms with Crippen molar-refractivity contribution >= 4 is 0 Å². The van der Waals surface area contributed by atoms with Crippen molar-refractivity contribution in [1.29, 1.82) is 0 Å². The maximum absolute atomic E-state index is 3.91. The molecule has 0 fully saturated rings. The molecule has 0 aliphatic heterocycles. The van der Waals surface area contributed by atoms with Crippen LogP contribution in [-0.4, -0.2) is 0 Å². The quantitative estimate of drug-likeness (QED) is 0.280. The van der Waals surface area contributed by atoms with Crippen LogP contribution in [0.2, 0.25) is 0 Å². The molecule has 0 radical (unpaired) electrons. The van der Waals surface area contributed by atoms with Gasteiger partial charge in [0.15, 0.2) is 0 Å². The molecule has 186 valence electrons. The first-order valence-electron chi connectivity index (χ1n) is 13.7. The van der Waals surface area contributed by atoms with E-state index in [2.05, 4.69) is 130 Å². The molecule has 0 nitrogen and oxygen atoms in total. The maximum Gasteiger partial charge on any atom is 0.0304 e. The Balaban J connectivity index is 1.60. The highest BCUT2D eigenvalue weighted by Gasteiger charge is 2.31. The Morgan fingerprint density at radius 1 is 0.811 bits per heavy atom. The second-order valence-corrected chi connectivity index (χ2v) is 10.6. The van der Waals surface area contributed by atoms with Crippen molar-refractivity contribution in [3.63, 3.8) is 0 Å². The zero-order chi connectivity index (χ0) is 25.6. The molecule has 37 heavy (non-hydrogen) atoms. The molecule has 3 unspecified atom stereocenters. The molecule has 3 atom stereocenters. The van der Waals surface area contributed by atoms with Crippen LogP contribution in [0.4, 0.5) is 0 Å². The third kappa shape index (κ3) is 5.54. The Kier molecular flexibility index (Phi) is 7.85. The fourth-order valence-electron chi connectivity index (χ4n) is 6.13. The Morgan fingerprint density at radius 3 is 2.03 bits per heavy atom. The fraction of sp³-hybridized carbons (Fsp3) is 0.243. The predicted molar refractivity (Wildman–Crippen MR) is 159 cm³/mol. The van der Waals surface area contributed by atoms with Gasteiger partial charge in [-0.2, -0.15) is 0 Å². The molecule has 0 amide bonds. The van der Waals surface area contributed by atoms with Gasteiger partial charge in [0.05, 0.1) is 0 Å². The number of benzene rings is 3. The van der Waals surface area contributed by atoms with Crippen LogP contribution in [0.25, 0.3) is 0 Å². The van der Waals surface area contributed by atoms with E-state index in [1.54, 1.807) is 11.1 Å². The number of hydrogen-bond acceptors (Lipinski definition) is 0. The van der Waals surface area contributed by atoms with Crippen molar-refractivity contribution < 1.29 is 0 Å². The van der Waals surface area contributed by atoms with Crippen molar-refractivity contribution in [2.75, 3.05) is 0 Å². The topological polar surface area (TPSA) is 0 Å². The summed E-state index contributed by atoms with van der Waals surface area (Å²) in [6.07, 6.45) is 15.9. The van der Waals surface area contributed by atoms with Gasteiger partial charge in [-0.05, 0) is 66.4 Å². The van der Waals surface area contributed by atoms with E-state index in [-0.39, 0.29) is 5.92 Å². The average Bonchev–Trinajstić information content (AvgIpc) is 2.94. The average molecular weight is 483 g/mol. The van der Waals surface area contributed by atoms with E-state index in [1.165, 1.54) is 33.4 Å². The summed E-state index contributed by atoms with van der Waals surface area (Å²) >= 11 is 0. The van der Waals surface area contributed by atoms with Gasteiger partial charge >= 0.3 is 0 Å². The molecular formula is C37H38. The molecule has 0 spiro atoms. The third-order valence-electron chi connectivity index (χ3n) is 7.98. The van der Waals surface area contributed by atoms with Crippen molar-refractivity contribution in [2.45, 2.75) is 51.4 Å². The normalized spacial score (nSPS) is 19.1. The molecule has 3 aromatic rings. The third-order valence-corrected chi connectivity index (χ3v) is 7.98. The van der Waals surface area contributed by atoms with Crippen molar-refractivity contribution in [1.82, 2.24) is 0 Å². The largest absolute Gasteiger partial charge is 0.103 e. The van der Waals surface area contributed by atoms with Crippen LogP contribution in [0.15, 0.2) is 144 Å². The lowest BCUT2D eigenvalue weighted by molar-refractivity contribution is 0.592. The van der Waals surface area contributed by atoms with Crippen LogP contribution in [0.5, 0.6) is 0 Å². The molecule has 3 aromatic carbocycles. The minimum Gasteiger partial charge on any atom is -0.103 e. The van der Waals surface area contributed by atoms with Crippen LogP contribution in [-0.2, 0) is 6.42 Å². The lowest BCUT2D eigenvalue weighted by atomic mass is 9.69. The van der Waals surface area contributed by atoms with E-state index in [0.29, 0.717) is 11.8 Å². The minimum atomic E-state index is 0.267. The highest BCUT2D eigenvalue weighted by Crippen LogP contribution is 2.47. The van der Waals surface area contributed by atoms with E-state index in [9.17, 15) is 0 Å². The van der Waals surface area contributed by atoms with E-state index in [1.807, 2.05) is 6.08 Å². The number of rotatable bonds is 8. The second-order valence-electron chi connectivity index (χ2n) is 10.6. The Morgan fingerprint density at radius 2 is 1.43 bits per heavy atom. The highest BCUT2D eigenvalue weighted by atomic mass is 14.3. The molecule has 0 bridgehead atoms. The fourth-order valence-corrected chi connectivity index (χ4v) is 6.13. The van der Waals surface area contributed by atoms with Crippen molar-refractivity contribution in [3.05, 3.63) is 166 Å². The molecule has 0 saturated carbocycles. The summed E-state index contributed by atoms with van der Waals surface area (Å²) in [6.45, 7) is 8.66. The lowest BCUT2D eigenvalue weighted by Crippen LogP contribution is -2.19. The highest BCUT2D eigenvalue weighted by molar-refractivity contribution is 5.52. The molecule has 0 heteroatoms. The standard InChI is InChI=1S/C37H38/c1-4-14-29-21-23-33(24-22-29)37(32-19-12-7-13-20-32)35-26-27(2)34(25-28(35)3)36(30-15-8-5-9-16-30)31-17-10-6-11-18-31/h4-5,7-10,12-13,15-25,27,36-37H,1,6,11,14,26H2,2-3H3. The van der Waals surface area contributed by atoms with Gasteiger partial charge in [-0.3, -0.25) is 0 Å². The molecule has 2 aliphatic rings. The summed E-state index contributed by atoms with van der Waals surface area (Å²) in [4.78, 5) is 0. The van der Waals surface area contributed by atoms with E-state index in [4.69, 9.17) is 0 Å². The minimum absolute atomic E-state index is 0.267. The first kappa shape index (κ1) is 25.0. The molecule has 5 rings (SSSR count). The smallest absolute Gasteiger partial charge is 0.0304 e. The van der Waals surface area contributed by atoms with Gasteiger partial charge in [-0.25, -0.2) is 0 Å². The van der Waals surface area contributed by atoms with Gasteiger partial charge in [-0.15, -0.1) is 6.58 Å². The van der Waals surface area contributed by atoms with E-state index < -0.39 is 0 Å². The summed E-state index contributed by atoms with van der Waals surface area (Å²) in [5, 5.41) is 0. The van der Waals surface area contributed by atoms with Crippen molar-refractivity contribution in [3.8, 4) is 0 Å². The van der Waals surface area contributed by atoms with Gasteiger partial charge in [0.25, 0.3) is 0 Å². The van der Waals surface area contributed by atoms with Gasteiger partial charge in [0.2, 0.25) is 0 Å². The predicted octanol–water partition coefficient (Wildman–Crippen LogP) is 9.89. The van der Waals surface area contributed by atoms with Crippen LogP contribution in [0, 0.1) is 5.92 Å². The Bertz CT molecular complexity index is 1330. The van der Waals surface area contributed by atoms with Crippen LogP contribution in [0.1, 0.15) is 67.2 Å². The maximum atomic E-state index is 3.91. The summed E-state index contributed by atoms with van der Waals surface area (Å²) in [5.41, 5.74) is 11.4. The molecule has 2 aliphatic carbocycles. The molecule has 0 heterocycles. The zero-order valence-corrected chi connectivity index (χ0v) is 22.2. The Hall–Kier alpha value is -3.64. The van der Waals surface area contributed by atoms with Gasteiger partial charge in [-0.1, -0.05) is 139 Å². The monoisotopic (exact) mass is 482 g/mol. The number of allylic oxidation sites excluding steroid dienone is 9. The molecule has 0 N–H and O–H groups in total.